The lowest BCUT2D eigenvalue weighted by Crippen LogP contribution is -2.41. The summed E-state index contributed by atoms with van der Waals surface area (Å²) in [5.74, 6) is 7.66. The molecule has 0 N–H and O–H groups in total. The van der Waals surface area contributed by atoms with Gasteiger partial charge in [-0.25, -0.2) is 0 Å². The third-order valence-corrected chi connectivity index (χ3v) is 10.1. The first-order valence-corrected chi connectivity index (χ1v) is 15.2. The van der Waals surface area contributed by atoms with Gasteiger partial charge in [0, 0.05) is 0 Å². The fourth-order valence-corrected chi connectivity index (χ4v) is 8.66. The van der Waals surface area contributed by atoms with E-state index in [0.717, 1.165) is 41.4 Å². The number of fused-ring (bicyclic) bond motifs is 1. The lowest BCUT2D eigenvalue weighted by molar-refractivity contribution is 0.00320. The van der Waals surface area contributed by atoms with Crippen molar-refractivity contribution in [2.24, 2.45) is 41.4 Å². The molecule has 5 atom stereocenters. The summed E-state index contributed by atoms with van der Waals surface area (Å²) < 4.78 is 0. The van der Waals surface area contributed by atoms with Crippen LogP contribution in [-0.2, 0) is 0 Å². The molecule has 0 aromatic heterocycles. The first kappa shape index (κ1) is 25.6. The van der Waals surface area contributed by atoms with Crippen LogP contribution < -0.4 is 0 Å². The average molecular weight is 431 g/mol. The summed E-state index contributed by atoms with van der Waals surface area (Å²) in [4.78, 5) is 0. The molecule has 0 nitrogen and oxygen atoms in total. The van der Waals surface area contributed by atoms with Crippen LogP contribution in [0.5, 0.6) is 0 Å². The molecule has 0 spiro atoms. The molecule has 0 radical (unpaired) electrons. The molecule has 0 bridgehead atoms. The lowest BCUT2D eigenvalue weighted by Gasteiger charge is -2.49. The average Bonchev–Trinajstić information content (AvgIpc) is 3.28. The van der Waals surface area contributed by atoms with E-state index in [1.807, 2.05) is 0 Å². The van der Waals surface area contributed by atoms with Gasteiger partial charge in [-0.1, -0.05) is 143 Å². The molecule has 0 aliphatic heterocycles. The van der Waals surface area contributed by atoms with Crippen molar-refractivity contribution in [2.75, 3.05) is 0 Å². The van der Waals surface area contributed by atoms with Crippen LogP contribution in [0.3, 0.4) is 0 Å². The maximum absolute atomic E-state index is 2.59. The first-order valence-electron chi connectivity index (χ1n) is 15.2. The topological polar surface area (TPSA) is 0 Å². The van der Waals surface area contributed by atoms with E-state index in [4.69, 9.17) is 0 Å². The van der Waals surface area contributed by atoms with E-state index in [9.17, 15) is 0 Å². The third-order valence-electron chi connectivity index (χ3n) is 10.1. The van der Waals surface area contributed by atoms with Crippen molar-refractivity contribution in [2.45, 2.75) is 156 Å². The molecule has 4 aliphatic carbocycles. The zero-order valence-corrected chi connectivity index (χ0v) is 21.9. The summed E-state index contributed by atoms with van der Waals surface area (Å²) in [7, 11) is 0. The summed E-state index contributed by atoms with van der Waals surface area (Å²) in [6, 6.07) is 0. The van der Waals surface area contributed by atoms with E-state index in [1.54, 1.807) is 38.5 Å². The summed E-state index contributed by atoms with van der Waals surface area (Å²) in [5, 5.41) is 0. The van der Waals surface area contributed by atoms with Crippen LogP contribution in [-0.4, -0.2) is 0 Å². The van der Waals surface area contributed by atoms with Crippen LogP contribution in [0.2, 0.25) is 0 Å². The first-order chi connectivity index (χ1) is 15.2. The fraction of sp³-hybridized carbons (Fsp3) is 1.00. The van der Waals surface area contributed by atoms with Crippen LogP contribution in [0.25, 0.3) is 0 Å². The van der Waals surface area contributed by atoms with Crippen LogP contribution in [0.4, 0.5) is 0 Å². The van der Waals surface area contributed by atoms with Crippen molar-refractivity contribution in [3.63, 3.8) is 0 Å². The van der Waals surface area contributed by atoms with E-state index in [2.05, 4.69) is 20.8 Å². The summed E-state index contributed by atoms with van der Waals surface area (Å²) >= 11 is 0. The zero-order valence-electron chi connectivity index (χ0n) is 21.9. The van der Waals surface area contributed by atoms with Crippen LogP contribution in [0, 0.1) is 41.4 Å². The van der Waals surface area contributed by atoms with Crippen molar-refractivity contribution in [3.05, 3.63) is 0 Å². The maximum Gasteiger partial charge on any atom is -0.0324 e. The SMILES string of the molecule is CCCC1C(C)CC2CCCC2C1C1CCCCC1.CCCC1CCCCCCCC1. The van der Waals surface area contributed by atoms with Crippen LogP contribution >= 0.6 is 0 Å². The van der Waals surface area contributed by atoms with E-state index in [0.29, 0.717) is 0 Å². The number of hydrogen-bond acceptors (Lipinski definition) is 0. The minimum absolute atomic E-state index is 1.02. The highest BCUT2D eigenvalue weighted by Crippen LogP contribution is 2.55. The molecule has 0 aromatic carbocycles. The highest BCUT2D eigenvalue weighted by atomic mass is 14.5. The summed E-state index contributed by atoms with van der Waals surface area (Å²) in [6.45, 7) is 7.32. The molecule has 0 saturated heterocycles. The van der Waals surface area contributed by atoms with Crippen LogP contribution in [0.15, 0.2) is 0 Å². The Kier molecular flexibility index (Phi) is 11.8. The fourth-order valence-electron chi connectivity index (χ4n) is 8.66. The molecule has 4 rings (SSSR count). The van der Waals surface area contributed by atoms with Gasteiger partial charge in [-0.2, -0.15) is 0 Å². The number of hydrogen-bond donors (Lipinski definition) is 0. The summed E-state index contributed by atoms with van der Waals surface area (Å²) in [6.07, 6.45) is 31.9. The molecule has 0 amide bonds. The standard InChI is InChI=1S/C19H34.C12H24/c1-3-8-17-14(2)13-16-11-7-12-18(16)19(17)15-9-5-4-6-10-15;1-2-9-12-10-7-5-3-4-6-8-11-12/h14-19H,3-13H2,1-2H3;12H,2-11H2,1H3. The summed E-state index contributed by atoms with van der Waals surface area (Å²) in [5.41, 5.74) is 0. The van der Waals surface area contributed by atoms with Gasteiger partial charge in [0.1, 0.15) is 0 Å². The van der Waals surface area contributed by atoms with Gasteiger partial charge in [0.05, 0.1) is 0 Å². The maximum atomic E-state index is 2.59. The van der Waals surface area contributed by atoms with Gasteiger partial charge >= 0.3 is 0 Å². The molecule has 4 aliphatic rings. The van der Waals surface area contributed by atoms with Crippen molar-refractivity contribution in [1.82, 2.24) is 0 Å². The van der Waals surface area contributed by atoms with Gasteiger partial charge in [-0.3, -0.25) is 0 Å². The monoisotopic (exact) mass is 430 g/mol. The molecule has 5 unspecified atom stereocenters. The highest BCUT2D eigenvalue weighted by Gasteiger charge is 2.47. The second-order valence-electron chi connectivity index (χ2n) is 12.3. The van der Waals surface area contributed by atoms with E-state index >= 15 is 0 Å². The smallest absolute Gasteiger partial charge is 0.0324 e. The minimum Gasteiger partial charge on any atom is -0.0654 e. The Morgan fingerprint density at radius 3 is 1.74 bits per heavy atom. The molecule has 0 heterocycles. The second kappa shape index (κ2) is 14.3. The van der Waals surface area contributed by atoms with E-state index in [-0.39, 0.29) is 0 Å². The van der Waals surface area contributed by atoms with E-state index < -0.39 is 0 Å². The van der Waals surface area contributed by atoms with Gasteiger partial charge in [0.15, 0.2) is 0 Å². The van der Waals surface area contributed by atoms with Gasteiger partial charge < -0.3 is 0 Å². The second-order valence-corrected chi connectivity index (χ2v) is 12.3. The molecule has 4 fully saturated rings. The Hall–Kier alpha value is 0. The van der Waals surface area contributed by atoms with E-state index in [1.165, 1.54) is 96.3 Å². The molecular formula is C31H58. The van der Waals surface area contributed by atoms with Crippen molar-refractivity contribution in [1.29, 1.82) is 0 Å². The highest BCUT2D eigenvalue weighted by molar-refractivity contribution is 4.96. The van der Waals surface area contributed by atoms with Gasteiger partial charge in [-0.15, -0.1) is 0 Å². The predicted molar refractivity (Wildman–Crippen MR) is 138 cm³/mol. The molecular weight excluding hydrogens is 372 g/mol. The molecule has 0 heteroatoms. The molecule has 31 heavy (non-hydrogen) atoms. The van der Waals surface area contributed by atoms with Gasteiger partial charge in [0.2, 0.25) is 0 Å². The van der Waals surface area contributed by atoms with Gasteiger partial charge in [-0.05, 0) is 54.3 Å². The lowest BCUT2D eigenvalue weighted by atomic mass is 9.56. The van der Waals surface area contributed by atoms with Crippen molar-refractivity contribution >= 4 is 0 Å². The van der Waals surface area contributed by atoms with Crippen LogP contribution in [0.1, 0.15) is 156 Å². The Bertz CT molecular complexity index is 437. The predicted octanol–water partition coefficient (Wildman–Crippen LogP) is 10.6. The van der Waals surface area contributed by atoms with Gasteiger partial charge in [0.25, 0.3) is 0 Å². The Labute approximate surface area is 197 Å². The third kappa shape index (κ3) is 7.78. The zero-order chi connectivity index (χ0) is 21.9. The Morgan fingerprint density at radius 1 is 0.548 bits per heavy atom. The minimum atomic E-state index is 1.02. The van der Waals surface area contributed by atoms with Crippen molar-refractivity contribution < 1.29 is 0 Å². The normalized spacial score (nSPS) is 35.9. The Morgan fingerprint density at radius 2 is 1.10 bits per heavy atom. The molecule has 0 aromatic rings. The number of rotatable bonds is 5. The van der Waals surface area contributed by atoms with Crippen molar-refractivity contribution in [3.8, 4) is 0 Å². The Balaban J connectivity index is 0.000000196. The molecule has 4 saturated carbocycles. The largest absolute Gasteiger partial charge is 0.0654 e. The molecule has 182 valence electrons. The quantitative estimate of drug-likeness (QED) is 0.407.